The molecule has 3 aliphatic rings. The van der Waals surface area contributed by atoms with Gasteiger partial charge in [-0.2, -0.15) is 4.98 Å². The molecule has 4 heterocycles. The number of aromatic nitrogens is 2. The lowest BCUT2D eigenvalue weighted by Gasteiger charge is -2.34. The molecule has 0 aliphatic carbocycles. The van der Waals surface area contributed by atoms with Gasteiger partial charge in [0.1, 0.15) is 5.56 Å². The first-order valence-electron chi connectivity index (χ1n) is 9.48. The van der Waals surface area contributed by atoms with E-state index < -0.39 is 0 Å². The van der Waals surface area contributed by atoms with Gasteiger partial charge in [-0.3, -0.25) is 20.0 Å². The van der Waals surface area contributed by atoms with E-state index in [1.807, 2.05) is 17.0 Å². The highest BCUT2D eigenvalue weighted by Gasteiger charge is 2.32. The number of fused-ring (bicyclic) bond motifs is 3. The fourth-order valence-electron chi connectivity index (χ4n) is 3.68. The second-order valence-electron chi connectivity index (χ2n) is 7.20. The lowest BCUT2D eigenvalue weighted by molar-refractivity contribution is 0.0974. The van der Waals surface area contributed by atoms with Crippen molar-refractivity contribution in [1.29, 1.82) is 0 Å². The smallest absolute Gasteiger partial charge is 0.263 e. The van der Waals surface area contributed by atoms with Crippen LogP contribution in [0.4, 0.5) is 23.1 Å². The molecule has 1 amide bonds. The van der Waals surface area contributed by atoms with E-state index in [0.29, 0.717) is 36.4 Å². The summed E-state index contributed by atoms with van der Waals surface area (Å²) in [5.74, 6) is 1.42. The molecule has 9 heteroatoms. The summed E-state index contributed by atoms with van der Waals surface area (Å²) < 4.78 is 0. The van der Waals surface area contributed by atoms with Crippen LogP contribution in [0.15, 0.2) is 35.5 Å². The molecule has 0 atom stereocenters. The van der Waals surface area contributed by atoms with E-state index in [4.69, 9.17) is 0 Å². The van der Waals surface area contributed by atoms with Crippen LogP contribution in [0.1, 0.15) is 10.4 Å². The number of carbonyl (C=O) groups is 1. The number of aliphatic imine (C=N–C) groups is 1. The molecule has 1 saturated heterocycles. The number of piperazine rings is 1. The third-order valence-corrected chi connectivity index (χ3v) is 5.33. The number of nitrogens with one attached hydrogen (secondary N) is 2. The zero-order valence-electron chi connectivity index (χ0n) is 15.7. The Kier molecular flexibility index (Phi) is 4.09. The van der Waals surface area contributed by atoms with Crippen molar-refractivity contribution in [3.05, 3.63) is 36.0 Å². The lowest BCUT2D eigenvalue weighted by Crippen LogP contribution is -2.47. The van der Waals surface area contributed by atoms with Crippen molar-refractivity contribution in [3.8, 4) is 0 Å². The summed E-state index contributed by atoms with van der Waals surface area (Å²) in [5, 5.41) is 6.01. The van der Waals surface area contributed by atoms with E-state index in [1.54, 1.807) is 6.20 Å². The number of amides is 1. The number of carbonyl (C=O) groups excluding carboxylic acids is 1. The third-order valence-electron chi connectivity index (χ3n) is 5.33. The Bertz CT molecular complexity index is 933. The summed E-state index contributed by atoms with van der Waals surface area (Å²) >= 11 is 0. The van der Waals surface area contributed by atoms with Crippen LogP contribution >= 0.6 is 0 Å². The van der Waals surface area contributed by atoms with Crippen LogP contribution in [-0.4, -0.2) is 73.1 Å². The zero-order valence-corrected chi connectivity index (χ0v) is 15.7. The molecular formula is C19H22N8O. The highest BCUT2D eigenvalue weighted by atomic mass is 16.2. The van der Waals surface area contributed by atoms with Crippen LogP contribution in [-0.2, 0) is 0 Å². The molecule has 0 spiro atoms. The molecule has 28 heavy (non-hydrogen) atoms. The molecule has 3 aliphatic heterocycles. The van der Waals surface area contributed by atoms with Gasteiger partial charge in [-0.05, 0) is 31.3 Å². The normalized spacial score (nSPS) is 19.0. The van der Waals surface area contributed by atoms with Gasteiger partial charge in [0.15, 0.2) is 5.82 Å². The molecule has 144 valence electrons. The van der Waals surface area contributed by atoms with E-state index in [2.05, 4.69) is 54.6 Å². The minimum atomic E-state index is -0.213. The molecule has 0 bridgehead atoms. The van der Waals surface area contributed by atoms with Crippen molar-refractivity contribution in [2.45, 2.75) is 0 Å². The molecule has 1 fully saturated rings. The van der Waals surface area contributed by atoms with E-state index in [0.717, 1.165) is 31.9 Å². The number of rotatable bonds is 3. The van der Waals surface area contributed by atoms with Crippen LogP contribution in [0.5, 0.6) is 0 Å². The van der Waals surface area contributed by atoms with Crippen molar-refractivity contribution < 1.29 is 4.79 Å². The Hall–Kier alpha value is -3.20. The van der Waals surface area contributed by atoms with Crippen molar-refractivity contribution in [2.75, 3.05) is 61.4 Å². The summed E-state index contributed by atoms with van der Waals surface area (Å²) in [6.07, 6.45) is 1.56. The van der Waals surface area contributed by atoms with E-state index >= 15 is 0 Å². The second-order valence-corrected chi connectivity index (χ2v) is 7.20. The largest absolute Gasteiger partial charge is 0.369 e. The Morgan fingerprint density at radius 2 is 1.86 bits per heavy atom. The molecule has 0 radical (unpaired) electrons. The van der Waals surface area contributed by atoms with Gasteiger partial charge < -0.3 is 15.1 Å². The number of nitrogens with zero attached hydrogens (tertiary/aromatic N) is 6. The number of benzene rings is 1. The van der Waals surface area contributed by atoms with Crippen LogP contribution in [0.25, 0.3) is 0 Å². The van der Waals surface area contributed by atoms with Crippen LogP contribution < -0.4 is 20.4 Å². The highest BCUT2D eigenvalue weighted by molar-refractivity contribution is 6.18. The summed E-state index contributed by atoms with van der Waals surface area (Å²) in [5.41, 5.74) is 2.60. The van der Waals surface area contributed by atoms with Crippen molar-refractivity contribution in [1.82, 2.24) is 20.2 Å². The molecule has 0 saturated carbocycles. The number of hydrogen-bond donors (Lipinski definition) is 2. The third kappa shape index (κ3) is 3.03. The predicted molar refractivity (Wildman–Crippen MR) is 109 cm³/mol. The number of guanidine groups is 1. The fourth-order valence-corrected chi connectivity index (χ4v) is 3.68. The molecule has 0 unspecified atom stereocenters. The summed E-state index contributed by atoms with van der Waals surface area (Å²) in [7, 11) is 2.16. The van der Waals surface area contributed by atoms with Gasteiger partial charge in [0.05, 0.1) is 6.54 Å². The molecular weight excluding hydrogens is 356 g/mol. The zero-order chi connectivity index (χ0) is 19.1. The Morgan fingerprint density at radius 3 is 2.64 bits per heavy atom. The Morgan fingerprint density at radius 1 is 1.07 bits per heavy atom. The predicted octanol–water partition coefficient (Wildman–Crippen LogP) is 0.891. The van der Waals surface area contributed by atoms with Gasteiger partial charge in [0.2, 0.25) is 11.9 Å². The average Bonchev–Trinajstić information content (AvgIpc) is 3.18. The van der Waals surface area contributed by atoms with Crippen LogP contribution in [0, 0.1) is 0 Å². The summed E-state index contributed by atoms with van der Waals surface area (Å²) in [6.45, 7) is 5.60. The first kappa shape index (κ1) is 16.9. The standard InChI is InChI=1S/C19H22N8O/c1-25-8-10-26(11-9-25)14-4-2-13(3-5-14)22-18-21-12-15-16(23-18)27-7-6-20-19(27)24-17(15)28/h2-5,12H,6-11H2,1H3,(H,20,24,28)(H,21,22,23). The monoisotopic (exact) mass is 378 g/mol. The topological polar surface area (TPSA) is 89.0 Å². The van der Waals surface area contributed by atoms with Crippen molar-refractivity contribution in [2.24, 2.45) is 4.99 Å². The maximum atomic E-state index is 12.2. The quantitative estimate of drug-likeness (QED) is 0.820. The molecule has 5 rings (SSSR count). The van der Waals surface area contributed by atoms with Gasteiger partial charge >= 0.3 is 0 Å². The Balaban J connectivity index is 1.33. The first-order chi connectivity index (χ1) is 13.7. The van der Waals surface area contributed by atoms with Gasteiger partial charge in [-0.15, -0.1) is 0 Å². The first-order valence-corrected chi connectivity index (χ1v) is 9.48. The SMILES string of the molecule is CN1CCN(c2ccc(Nc3ncc4c(n3)N3CCN=C3NC4=O)cc2)CC1. The number of likely N-dealkylation sites (N-methyl/N-ethyl adjacent to an activating group) is 1. The minimum absolute atomic E-state index is 0.213. The molecule has 1 aromatic heterocycles. The highest BCUT2D eigenvalue weighted by Crippen LogP contribution is 2.26. The van der Waals surface area contributed by atoms with Crippen LogP contribution in [0.2, 0.25) is 0 Å². The van der Waals surface area contributed by atoms with Gasteiger partial charge in [0.25, 0.3) is 5.91 Å². The average molecular weight is 378 g/mol. The molecule has 2 aromatic rings. The minimum Gasteiger partial charge on any atom is -0.369 e. The molecule has 2 N–H and O–H groups in total. The van der Waals surface area contributed by atoms with E-state index in [9.17, 15) is 4.79 Å². The molecule has 9 nitrogen and oxygen atoms in total. The maximum Gasteiger partial charge on any atom is 0.263 e. The van der Waals surface area contributed by atoms with Gasteiger partial charge in [0, 0.05) is 50.3 Å². The van der Waals surface area contributed by atoms with E-state index in [1.165, 1.54) is 5.69 Å². The maximum absolute atomic E-state index is 12.2. The van der Waals surface area contributed by atoms with Crippen molar-refractivity contribution in [3.63, 3.8) is 0 Å². The van der Waals surface area contributed by atoms with Crippen molar-refractivity contribution >= 4 is 35.0 Å². The van der Waals surface area contributed by atoms with Gasteiger partial charge in [-0.25, -0.2) is 4.98 Å². The van der Waals surface area contributed by atoms with E-state index in [-0.39, 0.29) is 5.91 Å². The van der Waals surface area contributed by atoms with Crippen LogP contribution in [0.3, 0.4) is 0 Å². The Labute approximate surface area is 163 Å². The number of anilines is 4. The fraction of sp³-hybridized carbons (Fsp3) is 0.368. The lowest BCUT2D eigenvalue weighted by atomic mass is 10.2. The van der Waals surface area contributed by atoms with Gasteiger partial charge in [-0.1, -0.05) is 0 Å². The second kappa shape index (κ2) is 6.75. The summed E-state index contributed by atoms with van der Waals surface area (Å²) in [4.78, 5) is 32.0. The summed E-state index contributed by atoms with van der Waals surface area (Å²) in [6, 6.07) is 8.30. The number of hydrogen-bond acceptors (Lipinski definition) is 8. The molecule has 1 aromatic carbocycles.